The summed E-state index contributed by atoms with van der Waals surface area (Å²) < 4.78 is 4.80. The first-order valence-corrected chi connectivity index (χ1v) is 20.3. The fraction of sp³-hybridized carbons (Fsp3) is 0. The Kier molecular flexibility index (Phi) is 8.79. The number of rotatable bonds is 8. The lowest BCUT2D eigenvalue weighted by molar-refractivity contribution is 1.10. The van der Waals surface area contributed by atoms with Crippen LogP contribution in [0, 0.1) is 0 Å². The van der Waals surface area contributed by atoms with Crippen molar-refractivity contribution in [3.63, 3.8) is 0 Å². The SMILES string of the molecule is c1ccc(-c2ccc(-c3ccccc3)n2-c2ccc3cc4c(-c5ccccn5)c(-n5c(-c6ccccc6)ccc5-c5ccccc5)cc(-c5ccccn5)c4cc3c2)cc1. The Morgan fingerprint density at radius 2 is 0.767 bits per heavy atom. The Balaban J connectivity index is 1.22. The number of aromatic nitrogens is 4. The van der Waals surface area contributed by atoms with E-state index in [1.165, 1.54) is 0 Å². The molecular formula is C56H38N4. The Bertz CT molecular complexity index is 3150. The monoisotopic (exact) mass is 766 g/mol. The second-order valence-corrected chi connectivity index (χ2v) is 15.0. The van der Waals surface area contributed by atoms with Gasteiger partial charge >= 0.3 is 0 Å². The summed E-state index contributed by atoms with van der Waals surface area (Å²) in [5.74, 6) is 0. The molecule has 11 rings (SSSR count). The number of fused-ring (bicyclic) bond motifs is 2. The molecule has 0 unspecified atom stereocenters. The van der Waals surface area contributed by atoms with E-state index in [1.54, 1.807) is 0 Å². The van der Waals surface area contributed by atoms with Crippen molar-refractivity contribution in [1.82, 2.24) is 19.1 Å². The summed E-state index contributed by atoms with van der Waals surface area (Å²) in [6.45, 7) is 0. The molecule has 4 aromatic heterocycles. The molecule has 0 fully saturated rings. The van der Waals surface area contributed by atoms with E-state index in [1.807, 2.05) is 24.5 Å². The molecule has 11 aromatic rings. The van der Waals surface area contributed by atoms with E-state index < -0.39 is 0 Å². The lowest BCUT2D eigenvalue weighted by atomic mass is 9.91. The Labute approximate surface area is 349 Å². The predicted molar refractivity (Wildman–Crippen MR) is 248 cm³/mol. The number of pyridine rings is 2. The second kappa shape index (κ2) is 15.0. The highest BCUT2D eigenvalue weighted by Gasteiger charge is 2.23. The summed E-state index contributed by atoms with van der Waals surface area (Å²) in [6, 6.07) is 77.8. The molecule has 0 aliphatic carbocycles. The van der Waals surface area contributed by atoms with Gasteiger partial charge in [0.15, 0.2) is 0 Å². The fourth-order valence-corrected chi connectivity index (χ4v) is 8.72. The van der Waals surface area contributed by atoms with Crippen molar-refractivity contribution in [2.75, 3.05) is 0 Å². The van der Waals surface area contributed by atoms with Crippen LogP contribution in [-0.4, -0.2) is 19.1 Å². The van der Waals surface area contributed by atoms with Gasteiger partial charge in [0.1, 0.15) is 0 Å². The van der Waals surface area contributed by atoms with Crippen LogP contribution in [0.3, 0.4) is 0 Å². The summed E-state index contributed by atoms with van der Waals surface area (Å²) in [5, 5.41) is 4.49. The van der Waals surface area contributed by atoms with Gasteiger partial charge in [0, 0.05) is 29.2 Å². The molecule has 0 saturated heterocycles. The molecule has 60 heavy (non-hydrogen) atoms. The smallest absolute Gasteiger partial charge is 0.0729 e. The van der Waals surface area contributed by atoms with E-state index in [4.69, 9.17) is 9.97 Å². The van der Waals surface area contributed by atoms with Crippen molar-refractivity contribution in [2.45, 2.75) is 0 Å². The summed E-state index contributed by atoms with van der Waals surface area (Å²) in [7, 11) is 0. The molecule has 0 radical (unpaired) electrons. The maximum Gasteiger partial charge on any atom is 0.0729 e. The Morgan fingerprint density at radius 1 is 0.317 bits per heavy atom. The maximum atomic E-state index is 5.05. The van der Waals surface area contributed by atoms with Crippen LogP contribution >= 0.6 is 0 Å². The molecular weight excluding hydrogens is 729 g/mol. The second-order valence-electron chi connectivity index (χ2n) is 15.0. The van der Waals surface area contributed by atoms with Crippen molar-refractivity contribution < 1.29 is 0 Å². The first kappa shape index (κ1) is 35.1. The third kappa shape index (κ3) is 6.19. The molecule has 0 saturated carbocycles. The highest BCUT2D eigenvalue weighted by Crippen LogP contribution is 2.45. The zero-order valence-corrected chi connectivity index (χ0v) is 32.7. The number of hydrogen-bond acceptors (Lipinski definition) is 2. The van der Waals surface area contributed by atoms with E-state index in [9.17, 15) is 0 Å². The summed E-state index contributed by atoms with van der Waals surface area (Å²) in [5.41, 5.74) is 15.1. The highest BCUT2D eigenvalue weighted by atomic mass is 15.0. The van der Waals surface area contributed by atoms with Crippen LogP contribution in [0.4, 0.5) is 0 Å². The molecule has 7 aromatic carbocycles. The molecule has 0 bridgehead atoms. The molecule has 0 amide bonds. The lowest BCUT2D eigenvalue weighted by Crippen LogP contribution is -2.04. The van der Waals surface area contributed by atoms with Crippen LogP contribution in [-0.2, 0) is 0 Å². The summed E-state index contributed by atoms with van der Waals surface area (Å²) in [6.07, 6.45) is 3.78. The third-order valence-corrected chi connectivity index (χ3v) is 11.5. The molecule has 0 aliphatic heterocycles. The van der Waals surface area contributed by atoms with Crippen molar-refractivity contribution in [3.05, 3.63) is 231 Å². The van der Waals surface area contributed by atoms with Gasteiger partial charge in [0.05, 0.1) is 39.9 Å². The minimum Gasteiger partial charge on any atom is -0.309 e. The average Bonchev–Trinajstić information content (AvgIpc) is 3.98. The minimum atomic E-state index is 0.903. The van der Waals surface area contributed by atoms with Crippen LogP contribution in [0.15, 0.2) is 231 Å². The average molecular weight is 767 g/mol. The van der Waals surface area contributed by atoms with Crippen molar-refractivity contribution in [3.8, 4) is 78.9 Å². The van der Waals surface area contributed by atoms with E-state index in [0.29, 0.717) is 0 Å². The van der Waals surface area contributed by atoms with Crippen LogP contribution in [0.2, 0.25) is 0 Å². The van der Waals surface area contributed by atoms with E-state index in [-0.39, 0.29) is 0 Å². The van der Waals surface area contributed by atoms with Gasteiger partial charge in [-0.3, -0.25) is 9.97 Å². The highest BCUT2D eigenvalue weighted by molar-refractivity contribution is 6.13. The molecule has 0 aliphatic rings. The maximum absolute atomic E-state index is 5.05. The summed E-state index contributed by atoms with van der Waals surface area (Å²) in [4.78, 5) is 10.0. The van der Waals surface area contributed by atoms with Crippen LogP contribution in [0.1, 0.15) is 0 Å². The van der Waals surface area contributed by atoms with E-state index >= 15 is 0 Å². The van der Waals surface area contributed by atoms with Gasteiger partial charge in [-0.15, -0.1) is 0 Å². The van der Waals surface area contributed by atoms with Crippen molar-refractivity contribution in [2.24, 2.45) is 0 Å². The van der Waals surface area contributed by atoms with Crippen molar-refractivity contribution in [1.29, 1.82) is 0 Å². The minimum absolute atomic E-state index is 0.903. The first-order chi connectivity index (χ1) is 29.8. The van der Waals surface area contributed by atoms with Gasteiger partial charge in [-0.2, -0.15) is 0 Å². The summed E-state index contributed by atoms with van der Waals surface area (Å²) >= 11 is 0. The zero-order valence-electron chi connectivity index (χ0n) is 32.7. The van der Waals surface area contributed by atoms with E-state index in [0.717, 1.165) is 100 Å². The molecule has 4 heteroatoms. The van der Waals surface area contributed by atoms with Gasteiger partial charge in [0.2, 0.25) is 0 Å². The van der Waals surface area contributed by atoms with Gasteiger partial charge in [-0.25, -0.2) is 0 Å². The number of nitrogens with zero attached hydrogens (tertiary/aromatic N) is 4. The van der Waals surface area contributed by atoms with Crippen molar-refractivity contribution >= 4 is 21.5 Å². The number of benzene rings is 7. The molecule has 4 nitrogen and oxygen atoms in total. The van der Waals surface area contributed by atoms with E-state index in [2.05, 4.69) is 215 Å². The van der Waals surface area contributed by atoms with Crippen LogP contribution < -0.4 is 0 Å². The van der Waals surface area contributed by atoms with Crippen LogP contribution in [0.5, 0.6) is 0 Å². The molecule has 0 spiro atoms. The molecule has 0 N–H and O–H groups in total. The normalized spacial score (nSPS) is 11.3. The zero-order chi connectivity index (χ0) is 39.8. The first-order valence-electron chi connectivity index (χ1n) is 20.3. The molecule has 282 valence electrons. The van der Waals surface area contributed by atoms with Gasteiger partial charge in [0.25, 0.3) is 0 Å². The Morgan fingerprint density at radius 3 is 1.25 bits per heavy atom. The van der Waals surface area contributed by atoms with Crippen LogP contribution in [0.25, 0.3) is 100 Å². The largest absolute Gasteiger partial charge is 0.309 e. The topological polar surface area (TPSA) is 35.6 Å². The Hall–Kier alpha value is -8.08. The number of hydrogen-bond donors (Lipinski definition) is 0. The molecule has 4 heterocycles. The fourth-order valence-electron chi connectivity index (χ4n) is 8.72. The quantitative estimate of drug-likeness (QED) is 0.144. The standard InChI is InChI=1S/C56H38N4/c1-5-17-39(18-6-1)51-29-30-52(40-19-7-2-8-20-40)59(51)45-28-27-43-36-48-46(37-44(43)35-45)47(49-25-13-15-33-57-49)38-55(56(48)50-26-14-16-34-58-50)60-53(41-21-9-3-10-22-41)31-32-54(60)42-23-11-4-12-24-42/h1-38H. The predicted octanol–water partition coefficient (Wildman–Crippen LogP) is 14.4. The van der Waals surface area contributed by atoms with Gasteiger partial charge in [-0.1, -0.05) is 140 Å². The lowest BCUT2D eigenvalue weighted by Gasteiger charge is -2.22. The van der Waals surface area contributed by atoms with Gasteiger partial charge in [-0.05, 0) is 123 Å². The van der Waals surface area contributed by atoms with Gasteiger partial charge < -0.3 is 9.13 Å². The molecule has 0 atom stereocenters. The third-order valence-electron chi connectivity index (χ3n) is 11.5.